The Morgan fingerprint density at radius 2 is 1.43 bits per heavy atom. The highest BCUT2D eigenvalue weighted by molar-refractivity contribution is 5.37. The molecule has 0 saturated carbocycles. The normalized spacial score (nSPS) is 22.6. The lowest BCUT2D eigenvalue weighted by molar-refractivity contribution is -0.143. The summed E-state index contributed by atoms with van der Waals surface area (Å²) in [5.41, 5.74) is -2.97. The standard InChI is InChI=1S/C14H15F6N/c1-12(2)11(3-4-21-12)8-5-9(13(15,16)17)7-10(6-8)14(18,19)20/h5-7,11,21H,3-4H2,1-2H3. The monoisotopic (exact) mass is 311 g/mol. The summed E-state index contributed by atoms with van der Waals surface area (Å²) in [6, 6.07) is 1.82. The molecule has 1 N–H and O–H groups in total. The minimum atomic E-state index is -4.80. The summed E-state index contributed by atoms with van der Waals surface area (Å²) >= 11 is 0. The molecular formula is C14H15F6N. The number of nitrogens with one attached hydrogen (secondary N) is 1. The Balaban J connectivity index is 2.56. The van der Waals surface area contributed by atoms with E-state index in [-0.39, 0.29) is 17.5 Å². The van der Waals surface area contributed by atoms with Gasteiger partial charge in [0.25, 0.3) is 0 Å². The maximum Gasteiger partial charge on any atom is 0.416 e. The molecule has 1 aliphatic heterocycles. The Morgan fingerprint density at radius 1 is 0.952 bits per heavy atom. The molecule has 1 aliphatic rings. The summed E-state index contributed by atoms with van der Waals surface area (Å²) in [7, 11) is 0. The van der Waals surface area contributed by atoms with E-state index in [1.54, 1.807) is 13.8 Å². The molecule has 21 heavy (non-hydrogen) atoms. The number of hydrogen-bond donors (Lipinski definition) is 1. The summed E-state index contributed by atoms with van der Waals surface area (Å²) in [4.78, 5) is 0. The molecule has 1 saturated heterocycles. The number of hydrogen-bond acceptors (Lipinski definition) is 1. The zero-order valence-electron chi connectivity index (χ0n) is 11.5. The summed E-state index contributed by atoms with van der Waals surface area (Å²) in [5.74, 6) is -0.388. The van der Waals surface area contributed by atoms with Gasteiger partial charge in [-0.1, -0.05) is 0 Å². The van der Waals surface area contributed by atoms with E-state index in [0.29, 0.717) is 13.0 Å². The molecule has 0 bridgehead atoms. The van der Waals surface area contributed by atoms with Crippen molar-refractivity contribution in [2.45, 2.75) is 44.1 Å². The van der Waals surface area contributed by atoms with E-state index < -0.39 is 29.0 Å². The maximum absolute atomic E-state index is 12.8. The molecule has 1 atom stereocenters. The van der Waals surface area contributed by atoms with Gasteiger partial charge in [0, 0.05) is 11.5 Å². The zero-order chi connectivity index (χ0) is 16.1. The number of rotatable bonds is 1. The highest BCUT2D eigenvalue weighted by atomic mass is 19.4. The Kier molecular flexibility index (Phi) is 3.76. The first-order valence-electron chi connectivity index (χ1n) is 6.46. The van der Waals surface area contributed by atoms with Crippen LogP contribution < -0.4 is 5.32 Å². The quantitative estimate of drug-likeness (QED) is 0.749. The van der Waals surface area contributed by atoms with Crippen LogP contribution in [0.3, 0.4) is 0 Å². The van der Waals surface area contributed by atoms with Crippen LogP contribution in [0.25, 0.3) is 0 Å². The average molecular weight is 311 g/mol. The Bertz CT molecular complexity index is 497. The molecule has 0 aromatic heterocycles. The molecule has 0 amide bonds. The van der Waals surface area contributed by atoms with E-state index in [4.69, 9.17) is 0 Å². The smallest absolute Gasteiger partial charge is 0.311 e. The first-order valence-corrected chi connectivity index (χ1v) is 6.46. The fourth-order valence-corrected chi connectivity index (χ4v) is 2.79. The van der Waals surface area contributed by atoms with Gasteiger partial charge < -0.3 is 5.32 Å². The van der Waals surface area contributed by atoms with Gasteiger partial charge in [-0.05, 0) is 50.6 Å². The van der Waals surface area contributed by atoms with Crippen LogP contribution in [0.15, 0.2) is 18.2 Å². The predicted octanol–water partition coefficient (Wildman–Crippen LogP) is 4.58. The molecule has 1 aromatic carbocycles. The van der Waals surface area contributed by atoms with Crippen LogP contribution in [0.2, 0.25) is 0 Å². The van der Waals surface area contributed by atoms with E-state index in [1.807, 2.05) is 0 Å². The predicted molar refractivity (Wildman–Crippen MR) is 65.9 cm³/mol. The molecule has 0 radical (unpaired) electrons. The topological polar surface area (TPSA) is 12.0 Å². The number of benzene rings is 1. The van der Waals surface area contributed by atoms with Crippen molar-refractivity contribution in [2.75, 3.05) is 6.54 Å². The fraction of sp³-hybridized carbons (Fsp3) is 0.571. The highest BCUT2D eigenvalue weighted by Gasteiger charge is 2.40. The molecule has 0 spiro atoms. The second kappa shape index (κ2) is 4.90. The van der Waals surface area contributed by atoms with Crippen LogP contribution in [0.4, 0.5) is 26.3 Å². The first-order chi connectivity index (χ1) is 9.41. The second-order valence-electron chi connectivity index (χ2n) is 5.83. The van der Waals surface area contributed by atoms with Crippen molar-refractivity contribution >= 4 is 0 Å². The van der Waals surface area contributed by atoms with Crippen molar-refractivity contribution < 1.29 is 26.3 Å². The van der Waals surface area contributed by atoms with Crippen LogP contribution in [-0.4, -0.2) is 12.1 Å². The SMILES string of the molecule is CC1(C)NCCC1c1cc(C(F)(F)F)cc(C(F)(F)F)c1. The van der Waals surface area contributed by atoms with Gasteiger partial charge in [0.15, 0.2) is 0 Å². The second-order valence-corrected chi connectivity index (χ2v) is 5.83. The van der Waals surface area contributed by atoms with Crippen molar-refractivity contribution in [3.63, 3.8) is 0 Å². The van der Waals surface area contributed by atoms with Crippen LogP contribution in [0.1, 0.15) is 42.9 Å². The van der Waals surface area contributed by atoms with Crippen molar-refractivity contribution in [3.05, 3.63) is 34.9 Å². The minimum Gasteiger partial charge on any atom is -0.311 e. The number of alkyl halides is 6. The van der Waals surface area contributed by atoms with E-state index in [0.717, 1.165) is 12.1 Å². The lowest BCUT2D eigenvalue weighted by atomic mass is 9.82. The third kappa shape index (κ3) is 3.33. The maximum atomic E-state index is 12.8. The summed E-state index contributed by atoms with van der Waals surface area (Å²) < 4.78 is 77.0. The van der Waals surface area contributed by atoms with Crippen molar-refractivity contribution in [2.24, 2.45) is 0 Å². The largest absolute Gasteiger partial charge is 0.416 e. The molecule has 0 aliphatic carbocycles. The molecule has 1 fully saturated rings. The minimum absolute atomic E-state index is 0.0761. The number of halogens is 6. The summed E-state index contributed by atoms with van der Waals surface area (Å²) in [6.07, 6.45) is -9.09. The van der Waals surface area contributed by atoms with Crippen molar-refractivity contribution in [1.82, 2.24) is 5.32 Å². The highest BCUT2D eigenvalue weighted by Crippen LogP contribution is 2.41. The molecule has 1 aromatic rings. The van der Waals surface area contributed by atoms with Crippen LogP contribution >= 0.6 is 0 Å². The summed E-state index contributed by atoms with van der Waals surface area (Å²) in [6.45, 7) is 4.12. The van der Waals surface area contributed by atoms with E-state index in [9.17, 15) is 26.3 Å². The Morgan fingerprint density at radius 3 is 1.76 bits per heavy atom. The van der Waals surface area contributed by atoms with Gasteiger partial charge >= 0.3 is 12.4 Å². The lowest BCUT2D eigenvalue weighted by Crippen LogP contribution is -2.37. The van der Waals surface area contributed by atoms with Gasteiger partial charge in [0.05, 0.1) is 11.1 Å². The van der Waals surface area contributed by atoms with E-state index in [2.05, 4.69) is 5.32 Å². The average Bonchev–Trinajstić information content (AvgIpc) is 2.66. The Labute approximate surface area is 118 Å². The Hall–Kier alpha value is -1.24. The van der Waals surface area contributed by atoms with Crippen LogP contribution in [0, 0.1) is 0 Å². The molecule has 2 rings (SSSR count). The van der Waals surface area contributed by atoms with E-state index in [1.165, 1.54) is 0 Å². The molecule has 7 heteroatoms. The van der Waals surface area contributed by atoms with Crippen molar-refractivity contribution in [3.8, 4) is 0 Å². The van der Waals surface area contributed by atoms with Gasteiger partial charge in [-0.2, -0.15) is 26.3 Å². The fourth-order valence-electron chi connectivity index (χ4n) is 2.79. The molecule has 1 nitrogen and oxygen atoms in total. The lowest BCUT2D eigenvalue weighted by Gasteiger charge is -2.28. The van der Waals surface area contributed by atoms with Crippen molar-refractivity contribution in [1.29, 1.82) is 0 Å². The molecular weight excluding hydrogens is 296 g/mol. The zero-order valence-corrected chi connectivity index (χ0v) is 11.5. The summed E-state index contributed by atoms with van der Waals surface area (Å²) in [5, 5.41) is 3.10. The first kappa shape index (κ1) is 16.1. The van der Waals surface area contributed by atoms with Gasteiger partial charge in [-0.25, -0.2) is 0 Å². The van der Waals surface area contributed by atoms with Crippen LogP contribution in [-0.2, 0) is 12.4 Å². The van der Waals surface area contributed by atoms with Gasteiger partial charge in [-0.3, -0.25) is 0 Å². The third-order valence-corrected chi connectivity index (χ3v) is 3.90. The van der Waals surface area contributed by atoms with Gasteiger partial charge in [0.1, 0.15) is 0 Å². The van der Waals surface area contributed by atoms with E-state index >= 15 is 0 Å². The molecule has 1 heterocycles. The molecule has 118 valence electrons. The van der Waals surface area contributed by atoms with Gasteiger partial charge in [-0.15, -0.1) is 0 Å². The third-order valence-electron chi connectivity index (χ3n) is 3.90. The molecule has 1 unspecified atom stereocenters. The van der Waals surface area contributed by atoms with Crippen LogP contribution in [0.5, 0.6) is 0 Å². The van der Waals surface area contributed by atoms with Gasteiger partial charge in [0.2, 0.25) is 0 Å².